The smallest absolute Gasteiger partial charge is 0.264 e. The average molecular weight is 563 g/mol. The van der Waals surface area contributed by atoms with E-state index in [0.29, 0.717) is 27.8 Å². The lowest BCUT2D eigenvalue weighted by Gasteiger charge is -2.32. The predicted molar refractivity (Wildman–Crippen MR) is 147 cm³/mol. The van der Waals surface area contributed by atoms with Crippen LogP contribution in [0, 0.1) is 6.92 Å². The minimum Gasteiger partial charge on any atom is -0.355 e. The van der Waals surface area contributed by atoms with Crippen molar-refractivity contribution in [2.75, 3.05) is 17.4 Å². The molecule has 0 heterocycles. The summed E-state index contributed by atoms with van der Waals surface area (Å²) in [5, 5.41) is 3.66. The summed E-state index contributed by atoms with van der Waals surface area (Å²) in [7, 11) is -4.15. The largest absolute Gasteiger partial charge is 0.355 e. The number of hydrogen-bond donors (Lipinski definition) is 1. The number of rotatable bonds is 10. The van der Waals surface area contributed by atoms with Gasteiger partial charge in [0.1, 0.15) is 12.6 Å². The molecule has 196 valence electrons. The number of anilines is 1. The maximum atomic E-state index is 13.8. The third-order valence-corrected chi connectivity index (χ3v) is 8.13. The Kier molecular flexibility index (Phi) is 9.59. The molecule has 0 saturated carbocycles. The standard InChI is InChI=1S/C27H29Cl2N3O4S/c1-4-30-27(34)20(3)31(17-21-9-11-22(28)12-10-21)26(33)18-32(25-8-6-5-7-19(25)2)37(35,36)24-15-13-23(29)14-16-24/h5-16,20H,4,17-18H2,1-3H3,(H,30,34)/t20-/m1/s1. The van der Waals surface area contributed by atoms with Gasteiger partial charge in [-0.05, 0) is 74.4 Å². The van der Waals surface area contributed by atoms with E-state index >= 15 is 0 Å². The zero-order valence-corrected chi connectivity index (χ0v) is 23.1. The van der Waals surface area contributed by atoms with E-state index in [2.05, 4.69) is 5.32 Å². The molecule has 10 heteroatoms. The minimum atomic E-state index is -4.15. The molecule has 0 fully saturated rings. The number of amides is 2. The Hall–Kier alpha value is -3.07. The first-order chi connectivity index (χ1) is 17.5. The number of benzene rings is 3. The highest BCUT2D eigenvalue weighted by atomic mass is 35.5. The Morgan fingerprint density at radius 1 is 0.919 bits per heavy atom. The Balaban J connectivity index is 2.03. The lowest BCUT2D eigenvalue weighted by Crippen LogP contribution is -2.51. The zero-order chi connectivity index (χ0) is 27.2. The highest BCUT2D eigenvalue weighted by Gasteiger charge is 2.33. The van der Waals surface area contributed by atoms with E-state index in [9.17, 15) is 18.0 Å². The summed E-state index contributed by atoms with van der Waals surface area (Å²) in [4.78, 5) is 27.9. The lowest BCUT2D eigenvalue weighted by atomic mass is 10.1. The molecule has 0 aliphatic heterocycles. The van der Waals surface area contributed by atoms with Gasteiger partial charge in [0, 0.05) is 23.1 Å². The zero-order valence-electron chi connectivity index (χ0n) is 20.8. The van der Waals surface area contributed by atoms with Crippen molar-refractivity contribution in [3.63, 3.8) is 0 Å². The molecule has 0 aromatic heterocycles. The summed E-state index contributed by atoms with van der Waals surface area (Å²) in [6.07, 6.45) is 0. The van der Waals surface area contributed by atoms with Gasteiger partial charge >= 0.3 is 0 Å². The van der Waals surface area contributed by atoms with Crippen molar-refractivity contribution in [3.8, 4) is 0 Å². The summed E-state index contributed by atoms with van der Waals surface area (Å²) in [6, 6.07) is 18.7. The SMILES string of the molecule is CCNC(=O)[C@@H](C)N(Cc1ccc(Cl)cc1)C(=O)CN(c1ccccc1C)S(=O)(=O)c1ccc(Cl)cc1. The molecule has 2 amide bonds. The Morgan fingerprint density at radius 2 is 1.49 bits per heavy atom. The van der Waals surface area contributed by atoms with E-state index in [1.807, 2.05) is 0 Å². The van der Waals surface area contributed by atoms with E-state index in [1.165, 1.54) is 29.2 Å². The van der Waals surface area contributed by atoms with Crippen LogP contribution in [-0.4, -0.2) is 44.3 Å². The summed E-state index contributed by atoms with van der Waals surface area (Å²) in [5.74, 6) is -0.873. The quantitative estimate of drug-likeness (QED) is 0.375. The number of halogens is 2. The fourth-order valence-corrected chi connectivity index (χ4v) is 5.51. The van der Waals surface area contributed by atoms with E-state index in [0.717, 1.165) is 9.87 Å². The van der Waals surface area contributed by atoms with Crippen molar-refractivity contribution in [3.05, 3.63) is 94.0 Å². The van der Waals surface area contributed by atoms with Crippen molar-refractivity contribution in [1.82, 2.24) is 10.2 Å². The lowest BCUT2D eigenvalue weighted by molar-refractivity contribution is -0.139. The molecule has 0 bridgehead atoms. The molecule has 37 heavy (non-hydrogen) atoms. The number of nitrogens with zero attached hydrogens (tertiary/aromatic N) is 2. The van der Waals surface area contributed by atoms with Crippen LogP contribution in [0.15, 0.2) is 77.7 Å². The van der Waals surface area contributed by atoms with Gasteiger partial charge < -0.3 is 10.2 Å². The highest BCUT2D eigenvalue weighted by molar-refractivity contribution is 7.92. The fourth-order valence-electron chi connectivity index (χ4n) is 3.78. The highest BCUT2D eigenvalue weighted by Crippen LogP contribution is 2.28. The van der Waals surface area contributed by atoms with E-state index < -0.39 is 28.5 Å². The van der Waals surface area contributed by atoms with Gasteiger partial charge in [0.15, 0.2) is 0 Å². The second-order valence-corrected chi connectivity index (χ2v) is 11.2. The maximum Gasteiger partial charge on any atom is 0.264 e. The predicted octanol–water partition coefficient (Wildman–Crippen LogP) is 5.05. The normalized spacial score (nSPS) is 12.0. The van der Waals surface area contributed by atoms with Crippen LogP contribution in [0.3, 0.4) is 0 Å². The van der Waals surface area contributed by atoms with Crippen LogP contribution in [-0.2, 0) is 26.2 Å². The van der Waals surface area contributed by atoms with Crippen LogP contribution >= 0.6 is 23.2 Å². The number of sulfonamides is 1. The van der Waals surface area contributed by atoms with Gasteiger partial charge in [-0.25, -0.2) is 8.42 Å². The molecular weight excluding hydrogens is 533 g/mol. The van der Waals surface area contributed by atoms with Crippen molar-refractivity contribution in [2.24, 2.45) is 0 Å². The summed E-state index contributed by atoms with van der Waals surface area (Å²) in [6.45, 7) is 5.16. The summed E-state index contributed by atoms with van der Waals surface area (Å²) < 4.78 is 28.6. The number of nitrogens with one attached hydrogen (secondary N) is 1. The molecule has 0 aliphatic carbocycles. The first kappa shape index (κ1) is 28.5. The Labute approximate surface area is 228 Å². The minimum absolute atomic E-state index is 0.00558. The van der Waals surface area contributed by atoms with Gasteiger partial charge in [-0.15, -0.1) is 0 Å². The van der Waals surface area contributed by atoms with Gasteiger partial charge in [0.05, 0.1) is 10.6 Å². The van der Waals surface area contributed by atoms with Crippen molar-refractivity contribution >= 4 is 50.7 Å². The summed E-state index contributed by atoms with van der Waals surface area (Å²) >= 11 is 12.0. The molecule has 0 spiro atoms. The fraction of sp³-hybridized carbons (Fsp3) is 0.259. The first-order valence-electron chi connectivity index (χ1n) is 11.7. The molecule has 1 N–H and O–H groups in total. The van der Waals surface area contributed by atoms with Crippen molar-refractivity contribution in [2.45, 2.75) is 38.3 Å². The molecule has 1 atom stereocenters. The third kappa shape index (κ3) is 7.03. The molecule has 3 aromatic carbocycles. The van der Waals surface area contributed by atoms with Gasteiger partial charge in [-0.1, -0.05) is 53.5 Å². The molecule has 0 aliphatic rings. The van der Waals surface area contributed by atoms with Crippen molar-refractivity contribution < 1.29 is 18.0 Å². The molecule has 0 unspecified atom stereocenters. The van der Waals surface area contributed by atoms with E-state index in [4.69, 9.17) is 23.2 Å². The number of likely N-dealkylation sites (N-methyl/N-ethyl adjacent to an activating group) is 1. The Morgan fingerprint density at radius 3 is 2.05 bits per heavy atom. The number of para-hydroxylation sites is 1. The number of carbonyl (C=O) groups is 2. The number of carbonyl (C=O) groups excluding carboxylic acids is 2. The molecule has 3 aromatic rings. The molecule has 3 rings (SSSR count). The maximum absolute atomic E-state index is 13.8. The molecular formula is C27H29Cl2N3O4S. The summed E-state index contributed by atoms with van der Waals surface area (Å²) in [5.41, 5.74) is 1.79. The van der Waals surface area contributed by atoms with E-state index in [1.54, 1.807) is 69.3 Å². The topological polar surface area (TPSA) is 86.8 Å². The van der Waals surface area contributed by atoms with Crippen molar-refractivity contribution in [1.29, 1.82) is 0 Å². The van der Waals surface area contributed by atoms with Crippen LogP contribution in [0.5, 0.6) is 0 Å². The van der Waals surface area contributed by atoms with Gasteiger partial charge in [-0.2, -0.15) is 0 Å². The second kappa shape index (κ2) is 12.4. The van der Waals surface area contributed by atoms with Gasteiger partial charge in [-0.3, -0.25) is 13.9 Å². The van der Waals surface area contributed by atoms with E-state index in [-0.39, 0.29) is 17.3 Å². The van der Waals surface area contributed by atoms with Crippen LogP contribution in [0.4, 0.5) is 5.69 Å². The van der Waals surface area contributed by atoms with Crippen LogP contribution in [0.2, 0.25) is 10.0 Å². The molecule has 0 radical (unpaired) electrons. The van der Waals surface area contributed by atoms with Crippen LogP contribution in [0.25, 0.3) is 0 Å². The van der Waals surface area contributed by atoms with Crippen LogP contribution < -0.4 is 9.62 Å². The Bertz CT molecular complexity index is 1350. The van der Waals surface area contributed by atoms with Gasteiger partial charge in [0.2, 0.25) is 11.8 Å². The number of aryl methyl sites for hydroxylation is 1. The molecule has 7 nitrogen and oxygen atoms in total. The second-order valence-electron chi connectivity index (χ2n) is 8.47. The molecule has 0 saturated heterocycles. The number of hydrogen-bond acceptors (Lipinski definition) is 4. The monoisotopic (exact) mass is 561 g/mol. The third-order valence-electron chi connectivity index (χ3n) is 5.85. The van der Waals surface area contributed by atoms with Gasteiger partial charge in [0.25, 0.3) is 10.0 Å². The average Bonchev–Trinajstić information content (AvgIpc) is 2.87. The first-order valence-corrected chi connectivity index (χ1v) is 13.9. The van der Waals surface area contributed by atoms with Crippen LogP contribution in [0.1, 0.15) is 25.0 Å².